The average molecular weight is 218 g/mol. The Balaban J connectivity index is 2.06. The molecule has 1 fully saturated rings. The lowest BCUT2D eigenvalue weighted by atomic mass is 10.0. The zero-order valence-electron chi connectivity index (χ0n) is 10.2. The van der Waals surface area contributed by atoms with E-state index >= 15 is 0 Å². The van der Waals surface area contributed by atoms with Crippen molar-refractivity contribution in [1.82, 2.24) is 4.90 Å². The molecule has 0 radical (unpaired) electrons. The van der Waals surface area contributed by atoms with Gasteiger partial charge in [-0.05, 0) is 43.5 Å². The van der Waals surface area contributed by atoms with Gasteiger partial charge in [0.25, 0.3) is 0 Å². The lowest BCUT2D eigenvalue weighted by molar-refractivity contribution is 0.268. The molecule has 1 aliphatic carbocycles. The molecule has 1 saturated carbocycles. The minimum Gasteiger partial charge on any atom is -0.330 e. The summed E-state index contributed by atoms with van der Waals surface area (Å²) in [4.78, 5) is 2.58. The van der Waals surface area contributed by atoms with Crippen LogP contribution in [0.4, 0.5) is 0 Å². The zero-order valence-corrected chi connectivity index (χ0v) is 10.2. The van der Waals surface area contributed by atoms with E-state index in [1.54, 1.807) is 0 Å². The first kappa shape index (κ1) is 11.6. The van der Waals surface area contributed by atoms with E-state index in [4.69, 9.17) is 5.73 Å². The summed E-state index contributed by atoms with van der Waals surface area (Å²) in [6, 6.07) is 9.55. The molecule has 0 aliphatic heterocycles. The van der Waals surface area contributed by atoms with Crippen molar-refractivity contribution in [3.05, 3.63) is 35.4 Å². The molecule has 1 aromatic rings. The van der Waals surface area contributed by atoms with Crippen molar-refractivity contribution >= 4 is 0 Å². The van der Waals surface area contributed by atoms with Gasteiger partial charge < -0.3 is 5.73 Å². The molecule has 0 spiro atoms. The van der Waals surface area contributed by atoms with Gasteiger partial charge in [0.15, 0.2) is 0 Å². The second kappa shape index (κ2) is 5.46. The molecule has 0 aromatic heterocycles. The molecule has 2 N–H and O–H groups in total. The summed E-state index contributed by atoms with van der Waals surface area (Å²) in [5.41, 5.74) is 8.53. The van der Waals surface area contributed by atoms with Crippen molar-refractivity contribution in [3.63, 3.8) is 0 Å². The van der Waals surface area contributed by atoms with E-state index in [1.165, 1.54) is 24.0 Å². The Bertz CT molecular complexity index is 331. The number of rotatable bonds is 6. The van der Waals surface area contributed by atoms with Gasteiger partial charge in [0.2, 0.25) is 0 Å². The number of nitrogens with zero attached hydrogens (tertiary/aromatic N) is 1. The van der Waals surface area contributed by atoms with E-state index in [1.807, 2.05) is 0 Å². The second-order valence-corrected chi connectivity index (χ2v) is 4.60. The maximum absolute atomic E-state index is 5.65. The van der Waals surface area contributed by atoms with Gasteiger partial charge in [0, 0.05) is 12.6 Å². The van der Waals surface area contributed by atoms with Crippen LogP contribution in [0.5, 0.6) is 0 Å². The van der Waals surface area contributed by atoms with Crippen LogP contribution < -0.4 is 5.73 Å². The smallest absolute Gasteiger partial charge is 0.0239 e. The normalized spacial score (nSPS) is 15.7. The van der Waals surface area contributed by atoms with E-state index in [2.05, 4.69) is 36.1 Å². The fourth-order valence-electron chi connectivity index (χ4n) is 2.27. The van der Waals surface area contributed by atoms with Crippen molar-refractivity contribution in [3.8, 4) is 0 Å². The van der Waals surface area contributed by atoms with Crippen LogP contribution in [0.3, 0.4) is 0 Å². The van der Waals surface area contributed by atoms with E-state index < -0.39 is 0 Å². The molecule has 0 saturated heterocycles. The quantitative estimate of drug-likeness (QED) is 0.793. The Kier molecular flexibility index (Phi) is 3.97. The first-order valence-corrected chi connectivity index (χ1v) is 6.36. The first-order valence-electron chi connectivity index (χ1n) is 6.36. The van der Waals surface area contributed by atoms with Crippen LogP contribution in [0, 0.1) is 0 Å². The third-order valence-corrected chi connectivity index (χ3v) is 3.37. The Morgan fingerprint density at radius 3 is 2.50 bits per heavy atom. The molecule has 2 nitrogen and oxygen atoms in total. The summed E-state index contributed by atoms with van der Waals surface area (Å²) in [5.74, 6) is 0. The highest BCUT2D eigenvalue weighted by molar-refractivity contribution is 5.27. The van der Waals surface area contributed by atoms with Crippen molar-refractivity contribution in [2.75, 3.05) is 13.1 Å². The van der Waals surface area contributed by atoms with Gasteiger partial charge in [0.1, 0.15) is 0 Å². The Morgan fingerprint density at radius 2 is 1.94 bits per heavy atom. The number of benzene rings is 1. The third-order valence-electron chi connectivity index (χ3n) is 3.37. The van der Waals surface area contributed by atoms with Gasteiger partial charge >= 0.3 is 0 Å². The third kappa shape index (κ3) is 2.83. The van der Waals surface area contributed by atoms with Gasteiger partial charge in [0.05, 0.1) is 0 Å². The highest BCUT2D eigenvalue weighted by atomic mass is 15.2. The molecule has 2 heteroatoms. The maximum Gasteiger partial charge on any atom is 0.0239 e. The fourth-order valence-corrected chi connectivity index (χ4v) is 2.27. The summed E-state index contributed by atoms with van der Waals surface area (Å²) < 4.78 is 0. The van der Waals surface area contributed by atoms with Crippen LogP contribution in [-0.4, -0.2) is 24.0 Å². The van der Waals surface area contributed by atoms with Gasteiger partial charge in [-0.15, -0.1) is 0 Å². The molecular weight excluding hydrogens is 196 g/mol. The van der Waals surface area contributed by atoms with E-state index in [9.17, 15) is 0 Å². The molecule has 0 atom stereocenters. The highest BCUT2D eigenvalue weighted by Crippen LogP contribution is 2.28. The molecule has 2 rings (SSSR count). The second-order valence-electron chi connectivity index (χ2n) is 4.60. The minimum absolute atomic E-state index is 0.743. The molecule has 16 heavy (non-hydrogen) atoms. The van der Waals surface area contributed by atoms with Gasteiger partial charge in [-0.3, -0.25) is 4.90 Å². The number of hydrogen-bond acceptors (Lipinski definition) is 2. The minimum atomic E-state index is 0.743. The lowest BCUT2D eigenvalue weighted by Crippen LogP contribution is -2.25. The summed E-state index contributed by atoms with van der Waals surface area (Å²) in [6.07, 6.45) is 3.76. The molecule has 0 bridgehead atoms. The monoisotopic (exact) mass is 218 g/mol. The summed E-state index contributed by atoms with van der Waals surface area (Å²) in [6.45, 7) is 5.25. The van der Waals surface area contributed by atoms with Crippen LogP contribution in [0.15, 0.2) is 24.3 Å². The number of hydrogen-bond donors (Lipinski definition) is 1. The number of nitrogens with two attached hydrogens (primary N) is 1. The Labute approximate surface area is 98.4 Å². The topological polar surface area (TPSA) is 29.3 Å². The molecule has 0 unspecified atom stereocenters. The predicted octanol–water partition coefficient (Wildman–Crippen LogP) is 2.17. The molecular formula is C14H22N2. The van der Waals surface area contributed by atoms with Crippen LogP contribution >= 0.6 is 0 Å². The standard InChI is InChI=1S/C14H22N2/c1-2-16(14-7-8-14)11-13-6-4-3-5-12(13)9-10-15/h3-6,14H,2,7-11,15H2,1H3. The van der Waals surface area contributed by atoms with Crippen molar-refractivity contribution in [1.29, 1.82) is 0 Å². The molecule has 0 amide bonds. The maximum atomic E-state index is 5.65. The van der Waals surface area contributed by atoms with Gasteiger partial charge in [-0.2, -0.15) is 0 Å². The van der Waals surface area contributed by atoms with Crippen molar-refractivity contribution in [2.45, 2.75) is 38.8 Å². The summed E-state index contributed by atoms with van der Waals surface area (Å²) in [5, 5.41) is 0. The van der Waals surface area contributed by atoms with Crippen LogP contribution in [-0.2, 0) is 13.0 Å². The fraction of sp³-hybridized carbons (Fsp3) is 0.571. The molecule has 1 aromatic carbocycles. The highest BCUT2D eigenvalue weighted by Gasteiger charge is 2.27. The Morgan fingerprint density at radius 1 is 1.25 bits per heavy atom. The van der Waals surface area contributed by atoms with Gasteiger partial charge in [-0.25, -0.2) is 0 Å². The predicted molar refractivity (Wildman–Crippen MR) is 68.3 cm³/mol. The van der Waals surface area contributed by atoms with Crippen LogP contribution in [0.1, 0.15) is 30.9 Å². The summed E-state index contributed by atoms with van der Waals surface area (Å²) in [7, 11) is 0. The molecule has 0 heterocycles. The average Bonchev–Trinajstić information content (AvgIpc) is 3.12. The first-order chi connectivity index (χ1) is 7.85. The largest absolute Gasteiger partial charge is 0.330 e. The van der Waals surface area contributed by atoms with Gasteiger partial charge in [-0.1, -0.05) is 31.2 Å². The van der Waals surface area contributed by atoms with E-state index in [0.717, 1.165) is 32.1 Å². The summed E-state index contributed by atoms with van der Waals surface area (Å²) >= 11 is 0. The molecule has 88 valence electrons. The molecule has 1 aliphatic rings. The van der Waals surface area contributed by atoms with Crippen LogP contribution in [0.2, 0.25) is 0 Å². The Hall–Kier alpha value is -0.860. The van der Waals surface area contributed by atoms with Crippen molar-refractivity contribution in [2.24, 2.45) is 5.73 Å². The lowest BCUT2D eigenvalue weighted by Gasteiger charge is -2.21. The SMILES string of the molecule is CCN(Cc1ccccc1CCN)C1CC1. The van der Waals surface area contributed by atoms with E-state index in [-0.39, 0.29) is 0 Å². The van der Waals surface area contributed by atoms with E-state index in [0.29, 0.717) is 0 Å². The van der Waals surface area contributed by atoms with Crippen molar-refractivity contribution < 1.29 is 0 Å². The van der Waals surface area contributed by atoms with Crippen LogP contribution in [0.25, 0.3) is 0 Å². The zero-order chi connectivity index (χ0) is 11.4.